The maximum absolute atomic E-state index is 12.5. The third-order valence-corrected chi connectivity index (χ3v) is 7.28. The molecule has 0 bridgehead atoms. The molecule has 4 rings (SSSR count). The number of nitrogens with one attached hydrogen (secondary N) is 1. The van der Waals surface area contributed by atoms with Gasteiger partial charge in [0.2, 0.25) is 10.0 Å². The molecular formula is C16H23N5O3S. The molecule has 1 saturated carbocycles. The number of hydrogen-bond donors (Lipinski definition) is 1. The van der Waals surface area contributed by atoms with Gasteiger partial charge >= 0.3 is 0 Å². The molecule has 25 heavy (non-hydrogen) atoms. The van der Waals surface area contributed by atoms with E-state index in [1.54, 1.807) is 10.6 Å². The summed E-state index contributed by atoms with van der Waals surface area (Å²) in [6.07, 6.45) is 5.16. The van der Waals surface area contributed by atoms with Crippen molar-refractivity contribution in [1.82, 2.24) is 19.3 Å². The Kier molecular flexibility index (Phi) is 4.38. The summed E-state index contributed by atoms with van der Waals surface area (Å²) in [5.41, 5.74) is 0.822. The number of aromatic nitrogens is 3. The molecular weight excluding hydrogens is 342 g/mol. The number of aromatic amines is 1. The maximum Gasteiger partial charge on any atom is 0.214 e. The summed E-state index contributed by atoms with van der Waals surface area (Å²) in [7, 11) is -1.16. The van der Waals surface area contributed by atoms with Gasteiger partial charge in [0.15, 0.2) is 0 Å². The Bertz CT molecular complexity index is 840. The van der Waals surface area contributed by atoms with Crippen LogP contribution in [-0.4, -0.2) is 72.8 Å². The van der Waals surface area contributed by atoms with E-state index in [1.807, 2.05) is 19.3 Å². The van der Waals surface area contributed by atoms with Crippen LogP contribution >= 0.6 is 0 Å². The number of fused-ring (bicyclic) bond motifs is 1. The summed E-state index contributed by atoms with van der Waals surface area (Å²) < 4.78 is 31.8. The SMILES string of the molecule is CN(c1ncnc2[nH]ccc12)C1CC(CS(=O)(=O)N2CCOCC2)C1. The first kappa shape index (κ1) is 16.7. The highest BCUT2D eigenvalue weighted by molar-refractivity contribution is 7.89. The van der Waals surface area contributed by atoms with Crippen LogP contribution < -0.4 is 4.90 Å². The van der Waals surface area contributed by atoms with Crippen LogP contribution in [0.2, 0.25) is 0 Å². The third-order valence-electron chi connectivity index (χ3n) is 5.24. The Labute approximate surface area is 147 Å². The molecule has 1 saturated heterocycles. The predicted octanol–water partition coefficient (Wildman–Crippen LogP) is 0.835. The monoisotopic (exact) mass is 365 g/mol. The summed E-state index contributed by atoms with van der Waals surface area (Å²) in [5, 5.41) is 0.995. The lowest BCUT2D eigenvalue weighted by Gasteiger charge is -2.42. The average molecular weight is 365 g/mol. The lowest BCUT2D eigenvalue weighted by Crippen LogP contribution is -2.48. The standard InChI is InChI=1S/C16H23N5O3S/c1-20(16-14-2-3-17-15(14)18-11-19-16)13-8-12(9-13)10-25(22,23)21-4-6-24-7-5-21/h2-3,11-13H,4-10H2,1H3,(H,17,18,19). The third kappa shape index (κ3) is 3.23. The molecule has 0 unspecified atom stereocenters. The van der Waals surface area contributed by atoms with Crippen molar-refractivity contribution in [3.05, 3.63) is 18.6 Å². The molecule has 0 radical (unpaired) electrons. The van der Waals surface area contributed by atoms with Crippen molar-refractivity contribution in [2.45, 2.75) is 18.9 Å². The second-order valence-corrected chi connectivity index (χ2v) is 8.84. The van der Waals surface area contributed by atoms with Gasteiger partial charge in [-0.15, -0.1) is 0 Å². The topological polar surface area (TPSA) is 91.4 Å². The fraction of sp³-hybridized carbons (Fsp3) is 0.625. The molecule has 136 valence electrons. The Morgan fingerprint density at radius 3 is 2.84 bits per heavy atom. The van der Waals surface area contributed by atoms with Gasteiger partial charge in [0, 0.05) is 32.4 Å². The Hall–Kier alpha value is -1.71. The summed E-state index contributed by atoms with van der Waals surface area (Å²) in [4.78, 5) is 13.9. The minimum absolute atomic E-state index is 0.212. The Morgan fingerprint density at radius 1 is 1.32 bits per heavy atom. The number of sulfonamides is 1. The summed E-state index contributed by atoms with van der Waals surface area (Å²) in [6.45, 7) is 1.95. The number of anilines is 1. The molecule has 2 aromatic rings. The minimum Gasteiger partial charge on any atom is -0.379 e. The molecule has 2 fully saturated rings. The molecule has 0 spiro atoms. The molecule has 0 amide bonds. The van der Waals surface area contributed by atoms with Gasteiger partial charge in [0.25, 0.3) is 0 Å². The van der Waals surface area contributed by atoms with Gasteiger partial charge in [-0.1, -0.05) is 0 Å². The van der Waals surface area contributed by atoms with E-state index in [0.29, 0.717) is 32.3 Å². The molecule has 1 N–H and O–H groups in total. The number of nitrogens with zero attached hydrogens (tertiary/aromatic N) is 4. The zero-order valence-corrected chi connectivity index (χ0v) is 15.1. The summed E-state index contributed by atoms with van der Waals surface area (Å²) in [5.74, 6) is 1.34. The highest BCUT2D eigenvalue weighted by atomic mass is 32.2. The molecule has 3 heterocycles. The first-order valence-electron chi connectivity index (χ1n) is 8.61. The highest BCUT2D eigenvalue weighted by Gasteiger charge is 2.38. The van der Waals surface area contributed by atoms with Gasteiger partial charge in [-0.3, -0.25) is 0 Å². The van der Waals surface area contributed by atoms with Crippen LogP contribution in [0.3, 0.4) is 0 Å². The van der Waals surface area contributed by atoms with E-state index in [1.165, 1.54) is 0 Å². The van der Waals surface area contributed by atoms with Crippen molar-refractivity contribution in [2.24, 2.45) is 5.92 Å². The summed E-state index contributed by atoms with van der Waals surface area (Å²) >= 11 is 0. The molecule has 2 aliphatic rings. The molecule has 0 aromatic carbocycles. The van der Waals surface area contributed by atoms with E-state index in [-0.39, 0.29) is 11.7 Å². The van der Waals surface area contributed by atoms with Crippen LogP contribution in [0.25, 0.3) is 11.0 Å². The lowest BCUT2D eigenvalue weighted by atomic mass is 9.81. The van der Waals surface area contributed by atoms with Crippen molar-refractivity contribution in [3.63, 3.8) is 0 Å². The molecule has 1 aliphatic heterocycles. The molecule has 1 aliphatic carbocycles. The van der Waals surface area contributed by atoms with Crippen molar-refractivity contribution < 1.29 is 13.2 Å². The second kappa shape index (κ2) is 6.54. The van der Waals surface area contributed by atoms with Gasteiger partial charge in [-0.2, -0.15) is 4.31 Å². The first-order chi connectivity index (χ1) is 12.0. The first-order valence-corrected chi connectivity index (χ1v) is 10.2. The maximum atomic E-state index is 12.5. The van der Waals surface area contributed by atoms with Crippen LogP contribution in [0, 0.1) is 5.92 Å². The molecule has 0 atom stereocenters. The van der Waals surface area contributed by atoms with Crippen molar-refractivity contribution >= 4 is 26.9 Å². The minimum atomic E-state index is -3.18. The fourth-order valence-electron chi connectivity index (χ4n) is 3.69. The van der Waals surface area contributed by atoms with Gasteiger partial charge in [0.05, 0.1) is 24.4 Å². The van der Waals surface area contributed by atoms with Crippen LogP contribution in [0.4, 0.5) is 5.82 Å². The number of H-pyrrole nitrogens is 1. The van der Waals surface area contributed by atoms with E-state index in [9.17, 15) is 8.42 Å². The second-order valence-electron chi connectivity index (χ2n) is 6.83. The largest absolute Gasteiger partial charge is 0.379 e. The Balaban J connectivity index is 1.38. The molecule has 8 nitrogen and oxygen atoms in total. The zero-order chi connectivity index (χ0) is 17.4. The van der Waals surface area contributed by atoms with Crippen LogP contribution in [0.15, 0.2) is 18.6 Å². The summed E-state index contributed by atoms with van der Waals surface area (Å²) in [6, 6.07) is 2.29. The quantitative estimate of drug-likeness (QED) is 0.844. The van der Waals surface area contributed by atoms with Gasteiger partial charge in [-0.05, 0) is 24.8 Å². The zero-order valence-electron chi connectivity index (χ0n) is 14.3. The highest BCUT2D eigenvalue weighted by Crippen LogP contribution is 2.36. The van der Waals surface area contributed by atoms with Gasteiger partial charge in [-0.25, -0.2) is 18.4 Å². The van der Waals surface area contributed by atoms with Gasteiger partial charge in [0.1, 0.15) is 17.8 Å². The van der Waals surface area contributed by atoms with Crippen molar-refractivity contribution in [3.8, 4) is 0 Å². The number of ether oxygens (including phenoxy) is 1. The average Bonchev–Trinajstić information content (AvgIpc) is 3.06. The number of morpholine rings is 1. The number of hydrogen-bond acceptors (Lipinski definition) is 6. The van der Waals surface area contributed by atoms with E-state index in [4.69, 9.17) is 4.74 Å². The smallest absolute Gasteiger partial charge is 0.214 e. The molecule has 2 aromatic heterocycles. The van der Waals surface area contributed by atoms with E-state index < -0.39 is 10.0 Å². The predicted molar refractivity (Wildman–Crippen MR) is 95.0 cm³/mol. The van der Waals surface area contributed by atoms with Crippen molar-refractivity contribution in [1.29, 1.82) is 0 Å². The van der Waals surface area contributed by atoms with E-state index in [2.05, 4.69) is 19.9 Å². The van der Waals surface area contributed by atoms with E-state index >= 15 is 0 Å². The fourth-order valence-corrected chi connectivity index (χ4v) is 5.48. The number of rotatable bonds is 5. The lowest BCUT2D eigenvalue weighted by molar-refractivity contribution is 0.0726. The van der Waals surface area contributed by atoms with Crippen LogP contribution in [0.5, 0.6) is 0 Å². The Morgan fingerprint density at radius 2 is 2.08 bits per heavy atom. The van der Waals surface area contributed by atoms with Crippen LogP contribution in [0.1, 0.15) is 12.8 Å². The normalized spacial score (nSPS) is 25.0. The molecule has 9 heteroatoms. The van der Waals surface area contributed by atoms with Gasteiger partial charge < -0.3 is 14.6 Å². The van der Waals surface area contributed by atoms with Crippen LogP contribution in [-0.2, 0) is 14.8 Å². The van der Waals surface area contributed by atoms with E-state index in [0.717, 1.165) is 29.7 Å². The van der Waals surface area contributed by atoms with Crippen molar-refractivity contribution in [2.75, 3.05) is 44.0 Å².